The lowest BCUT2D eigenvalue weighted by Crippen LogP contribution is -2.29. The van der Waals surface area contributed by atoms with Gasteiger partial charge in [-0.15, -0.1) is 0 Å². The zero-order valence-corrected chi connectivity index (χ0v) is 24.7. The molecule has 2 fully saturated rings. The Bertz CT molecular complexity index is 1140. The molecule has 2 aliphatic rings. The lowest BCUT2D eigenvalue weighted by atomic mass is 9.70. The van der Waals surface area contributed by atoms with Crippen LogP contribution in [0.15, 0.2) is 48.5 Å². The summed E-state index contributed by atoms with van der Waals surface area (Å²) in [5, 5.41) is 0. The van der Waals surface area contributed by atoms with E-state index in [-0.39, 0.29) is 18.7 Å². The number of rotatable bonds is 12. The number of esters is 2. The van der Waals surface area contributed by atoms with E-state index in [1.54, 1.807) is 30.3 Å². The van der Waals surface area contributed by atoms with Gasteiger partial charge < -0.3 is 20.9 Å². The van der Waals surface area contributed by atoms with Gasteiger partial charge in [-0.1, -0.05) is 63.6 Å². The highest BCUT2D eigenvalue weighted by Gasteiger charge is 2.32. The summed E-state index contributed by atoms with van der Waals surface area (Å²) >= 11 is 0. The van der Waals surface area contributed by atoms with E-state index in [4.69, 9.17) is 20.9 Å². The first-order valence-electron chi connectivity index (χ1n) is 15.7. The first kappa shape index (κ1) is 30.7. The van der Waals surface area contributed by atoms with E-state index < -0.39 is 5.97 Å². The number of benzene rings is 2. The summed E-state index contributed by atoms with van der Waals surface area (Å²) in [5.41, 5.74) is 15.1. The van der Waals surface area contributed by atoms with Crippen molar-refractivity contribution in [3.63, 3.8) is 0 Å². The molecule has 0 radical (unpaired) electrons. The van der Waals surface area contributed by atoms with Crippen LogP contribution in [0.3, 0.4) is 0 Å². The number of nitrogens with two attached hydrogens (primary N) is 2. The molecule has 0 unspecified atom stereocenters. The molecular formula is C35H48N2O4. The summed E-state index contributed by atoms with van der Waals surface area (Å²) in [5.74, 6) is 1.93. The lowest BCUT2D eigenvalue weighted by molar-refractivity contribution is -0.137. The molecule has 0 spiro atoms. The number of hydrogen-bond acceptors (Lipinski definition) is 6. The molecule has 2 aromatic rings. The van der Waals surface area contributed by atoms with Crippen molar-refractivity contribution in [2.45, 2.75) is 96.5 Å². The van der Waals surface area contributed by atoms with E-state index >= 15 is 0 Å². The molecule has 0 bridgehead atoms. The Morgan fingerprint density at radius 3 is 2.22 bits per heavy atom. The van der Waals surface area contributed by atoms with Crippen molar-refractivity contribution >= 4 is 29.4 Å². The Hall–Kier alpha value is -3.28. The summed E-state index contributed by atoms with van der Waals surface area (Å²) in [6.45, 7) is 2.51. The summed E-state index contributed by atoms with van der Waals surface area (Å²) in [6, 6.07) is 12.4. The zero-order chi connectivity index (χ0) is 29.0. The van der Waals surface area contributed by atoms with Crippen LogP contribution >= 0.6 is 0 Å². The molecule has 0 aliphatic heterocycles. The summed E-state index contributed by atoms with van der Waals surface area (Å²) in [7, 11) is 0. The molecule has 4 rings (SSSR count). The Morgan fingerprint density at radius 2 is 1.56 bits per heavy atom. The van der Waals surface area contributed by atoms with E-state index in [9.17, 15) is 9.59 Å². The van der Waals surface area contributed by atoms with Crippen LogP contribution in [0.5, 0.6) is 0 Å². The third kappa shape index (κ3) is 9.65. The van der Waals surface area contributed by atoms with Gasteiger partial charge in [-0.3, -0.25) is 0 Å². The van der Waals surface area contributed by atoms with Gasteiger partial charge >= 0.3 is 11.9 Å². The van der Waals surface area contributed by atoms with Crippen LogP contribution in [0.2, 0.25) is 0 Å². The molecule has 0 atom stereocenters. The Labute approximate surface area is 245 Å². The normalized spacial score (nSPS) is 22.9. The molecule has 4 N–H and O–H groups in total. The van der Waals surface area contributed by atoms with Crippen LogP contribution in [0.4, 0.5) is 11.4 Å². The summed E-state index contributed by atoms with van der Waals surface area (Å²) in [6.07, 6.45) is 19.0. The Kier molecular flexibility index (Phi) is 11.7. The molecule has 0 saturated heterocycles. The summed E-state index contributed by atoms with van der Waals surface area (Å²) < 4.78 is 11.2. The second kappa shape index (κ2) is 15.6. The molecule has 2 aromatic carbocycles. The van der Waals surface area contributed by atoms with Gasteiger partial charge in [0.1, 0.15) is 6.10 Å². The summed E-state index contributed by atoms with van der Waals surface area (Å²) in [4.78, 5) is 24.9. The minimum atomic E-state index is -0.432. The standard InChI is InChI=1S/C35H48N2O4/c1-2-3-4-5-25-6-11-27(12-7-25)28-16-19-32(20-17-28)41-35(39)30-13-8-26(9-14-30)10-21-34(38)40-23-22-29-15-18-31(36)24-33(29)37/h8-10,13-15,18,21,24-25,27-28,32H,2-7,11-12,16-17,19-20,22-23,36-37H2,1H3/b21-10+. The second-order valence-electron chi connectivity index (χ2n) is 12.0. The van der Waals surface area contributed by atoms with E-state index in [0.717, 1.165) is 41.7 Å². The van der Waals surface area contributed by atoms with Crippen molar-refractivity contribution in [3.8, 4) is 0 Å². The van der Waals surface area contributed by atoms with Gasteiger partial charge in [-0.2, -0.15) is 0 Å². The van der Waals surface area contributed by atoms with E-state index in [2.05, 4.69) is 6.92 Å². The number of carbonyl (C=O) groups is 2. The average molecular weight is 561 g/mol. The number of unbranched alkanes of at least 4 members (excludes halogenated alkanes) is 2. The minimum absolute atomic E-state index is 0.0158. The van der Waals surface area contributed by atoms with E-state index in [1.165, 1.54) is 70.3 Å². The molecule has 0 amide bonds. The van der Waals surface area contributed by atoms with Crippen molar-refractivity contribution in [2.75, 3.05) is 18.1 Å². The third-order valence-electron chi connectivity index (χ3n) is 9.11. The van der Waals surface area contributed by atoms with Gasteiger partial charge in [-0.05, 0) is 97.7 Å². The average Bonchev–Trinajstić information content (AvgIpc) is 2.98. The molecule has 2 aliphatic carbocycles. The maximum absolute atomic E-state index is 12.8. The molecule has 6 heteroatoms. The maximum atomic E-state index is 12.8. The van der Waals surface area contributed by atoms with Crippen molar-refractivity contribution in [1.82, 2.24) is 0 Å². The van der Waals surface area contributed by atoms with Crippen LogP contribution in [0, 0.1) is 17.8 Å². The smallest absolute Gasteiger partial charge is 0.338 e. The lowest BCUT2D eigenvalue weighted by Gasteiger charge is -2.37. The fourth-order valence-corrected chi connectivity index (χ4v) is 6.57. The van der Waals surface area contributed by atoms with Gasteiger partial charge in [0.25, 0.3) is 0 Å². The first-order chi connectivity index (χ1) is 19.9. The highest BCUT2D eigenvalue weighted by atomic mass is 16.5. The third-order valence-corrected chi connectivity index (χ3v) is 9.11. The van der Waals surface area contributed by atoms with E-state index in [1.807, 2.05) is 18.2 Å². The second-order valence-corrected chi connectivity index (χ2v) is 12.0. The molecule has 2 saturated carbocycles. The van der Waals surface area contributed by atoms with Crippen molar-refractivity contribution in [1.29, 1.82) is 0 Å². The predicted octanol–water partition coefficient (Wildman–Crippen LogP) is 7.75. The minimum Gasteiger partial charge on any atom is -0.462 e. The van der Waals surface area contributed by atoms with Crippen molar-refractivity contribution in [2.24, 2.45) is 17.8 Å². The van der Waals surface area contributed by atoms with Crippen LogP contribution in [-0.4, -0.2) is 24.6 Å². The van der Waals surface area contributed by atoms with Crippen molar-refractivity contribution in [3.05, 3.63) is 65.2 Å². The van der Waals surface area contributed by atoms with Gasteiger partial charge in [-0.25, -0.2) is 9.59 Å². The van der Waals surface area contributed by atoms with E-state index in [0.29, 0.717) is 23.4 Å². The first-order valence-corrected chi connectivity index (χ1v) is 15.7. The van der Waals surface area contributed by atoms with Crippen LogP contribution in [-0.2, 0) is 20.7 Å². The predicted molar refractivity (Wildman–Crippen MR) is 166 cm³/mol. The van der Waals surface area contributed by atoms with Gasteiger partial charge in [0.05, 0.1) is 12.2 Å². The fraction of sp³-hybridized carbons (Fsp3) is 0.543. The van der Waals surface area contributed by atoms with Crippen molar-refractivity contribution < 1.29 is 19.1 Å². The SMILES string of the molecule is CCCCCC1CCC(C2CCC(OC(=O)c3ccc(/C=C/C(=O)OCCc4ccc(N)cc4N)cc3)CC2)CC1. The zero-order valence-electron chi connectivity index (χ0n) is 24.7. The van der Waals surface area contributed by atoms with Gasteiger partial charge in [0, 0.05) is 23.9 Å². The van der Waals surface area contributed by atoms with Crippen LogP contribution in [0.1, 0.15) is 105 Å². The Morgan fingerprint density at radius 1 is 0.878 bits per heavy atom. The highest BCUT2D eigenvalue weighted by Crippen LogP contribution is 2.41. The van der Waals surface area contributed by atoms with Crippen LogP contribution in [0.25, 0.3) is 6.08 Å². The largest absolute Gasteiger partial charge is 0.462 e. The van der Waals surface area contributed by atoms with Gasteiger partial charge in [0.2, 0.25) is 0 Å². The number of anilines is 2. The topological polar surface area (TPSA) is 105 Å². The number of carbonyl (C=O) groups excluding carboxylic acids is 2. The molecule has 0 aromatic heterocycles. The molecule has 41 heavy (non-hydrogen) atoms. The van der Waals surface area contributed by atoms with Gasteiger partial charge in [0.15, 0.2) is 0 Å². The molecule has 6 nitrogen and oxygen atoms in total. The fourth-order valence-electron chi connectivity index (χ4n) is 6.57. The van der Waals surface area contributed by atoms with Crippen LogP contribution < -0.4 is 11.5 Å². The number of ether oxygens (including phenoxy) is 2. The Balaban J connectivity index is 1.14. The molecule has 0 heterocycles. The monoisotopic (exact) mass is 560 g/mol. The highest BCUT2D eigenvalue weighted by molar-refractivity contribution is 5.90. The quantitative estimate of drug-likeness (QED) is 0.119. The maximum Gasteiger partial charge on any atom is 0.338 e. The molecule has 222 valence electrons. The molecular weight excluding hydrogens is 512 g/mol. The number of nitrogen functional groups attached to an aromatic ring is 2. The number of hydrogen-bond donors (Lipinski definition) is 2.